The van der Waals surface area contributed by atoms with Crippen LogP contribution in [0.3, 0.4) is 0 Å². The fourth-order valence-electron chi connectivity index (χ4n) is 1.27. The van der Waals surface area contributed by atoms with Gasteiger partial charge in [0.25, 0.3) is 0 Å². The van der Waals surface area contributed by atoms with Crippen molar-refractivity contribution < 1.29 is 0 Å². The molecule has 8 heavy (non-hydrogen) atoms. The fourth-order valence-corrected chi connectivity index (χ4v) is 7.79. The Hall–Kier alpha value is 0.610. The van der Waals surface area contributed by atoms with Crippen molar-refractivity contribution in [3.63, 3.8) is 0 Å². The predicted molar refractivity (Wildman–Crippen MR) is 39.4 cm³/mol. The monoisotopic (exact) mass is 212 g/mol. The van der Waals surface area contributed by atoms with Crippen LogP contribution >= 0.6 is 0 Å². The van der Waals surface area contributed by atoms with Gasteiger partial charge in [-0.3, -0.25) is 0 Å². The first-order valence-electron chi connectivity index (χ1n) is 3.38. The first kappa shape index (κ1) is 6.73. The predicted octanol–water partition coefficient (Wildman–Crippen LogP) is 2.39. The van der Waals surface area contributed by atoms with Crippen LogP contribution in [0, 0.1) is 0 Å². The summed E-state index contributed by atoms with van der Waals surface area (Å²) in [5.41, 5.74) is 1.72. The molecule has 0 radical (unpaired) electrons. The third-order valence-corrected chi connectivity index (χ3v) is 11.3. The molecule has 0 spiro atoms. The summed E-state index contributed by atoms with van der Waals surface area (Å²) in [5.74, 6) is 0. The van der Waals surface area contributed by atoms with Gasteiger partial charge in [0.15, 0.2) is 0 Å². The van der Waals surface area contributed by atoms with Crippen LogP contribution in [0.5, 0.6) is 0 Å². The molecule has 0 amide bonds. The molecular weight excluding hydrogens is 199 g/mol. The molecule has 0 nitrogen and oxygen atoms in total. The van der Waals surface area contributed by atoms with E-state index in [1.807, 2.05) is 3.33 Å². The van der Waals surface area contributed by atoms with Crippen LogP contribution in [0.25, 0.3) is 0 Å². The molecule has 0 fully saturated rings. The van der Waals surface area contributed by atoms with E-state index >= 15 is 0 Å². The van der Waals surface area contributed by atoms with Crippen molar-refractivity contribution in [2.24, 2.45) is 0 Å². The van der Waals surface area contributed by atoms with Crippen LogP contribution in [0.2, 0.25) is 8.86 Å². The summed E-state index contributed by atoms with van der Waals surface area (Å²) >= 11 is -0.932. The molecule has 0 aliphatic carbocycles. The van der Waals surface area contributed by atoms with E-state index in [-0.39, 0.29) is 0 Å². The molecule has 44 valence electrons. The maximum atomic E-state index is 2.52. The second-order valence-corrected chi connectivity index (χ2v) is 12.2. The van der Waals surface area contributed by atoms with E-state index in [0.717, 1.165) is 0 Å². The third-order valence-electron chi connectivity index (χ3n) is 2.36. The maximum absolute atomic E-state index is 2.52. The molecule has 0 unspecified atom stereocenters. The Kier molecular flexibility index (Phi) is 2.07. The zero-order chi connectivity index (χ0) is 6.15. The summed E-state index contributed by atoms with van der Waals surface area (Å²) in [6.07, 6.45) is 1.43. The first-order valence-corrected chi connectivity index (χ1v) is 10.7. The van der Waals surface area contributed by atoms with Crippen LogP contribution in [0.4, 0.5) is 0 Å². The van der Waals surface area contributed by atoms with Crippen molar-refractivity contribution >= 4 is 21.4 Å². The number of hydrogen-bond acceptors (Lipinski definition) is 0. The van der Waals surface area contributed by atoms with Gasteiger partial charge in [0.2, 0.25) is 0 Å². The quantitative estimate of drug-likeness (QED) is 0.578. The van der Waals surface area contributed by atoms with Gasteiger partial charge in [-0.15, -0.1) is 0 Å². The molecule has 0 atom stereocenters. The molecular formula is C7H13In. The summed E-state index contributed by atoms with van der Waals surface area (Å²) in [6.45, 7) is 4.65. The second-order valence-electron chi connectivity index (χ2n) is 2.90. The Morgan fingerprint density at radius 1 is 1.38 bits per heavy atom. The van der Waals surface area contributed by atoms with E-state index in [1.54, 1.807) is 9.75 Å². The molecule has 0 bridgehead atoms. The fraction of sp³-hybridized carbons (Fsp3) is 0.714. The summed E-state index contributed by atoms with van der Waals surface area (Å²) in [4.78, 5) is 0. The molecule has 1 aliphatic rings. The van der Waals surface area contributed by atoms with Crippen molar-refractivity contribution in [1.29, 1.82) is 0 Å². The molecule has 1 heteroatoms. The molecule has 1 heterocycles. The first-order chi connectivity index (χ1) is 3.72. The molecule has 1 aliphatic heterocycles. The topological polar surface area (TPSA) is 0 Å². The van der Waals surface area contributed by atoms with E-state index in [2.05, 4.69) is 18.5 Å². The minimum atomic E-state index is -0.932. The van der Waals surface area contributed by atoms with Crippen LogP contribution in [0.15, 0.2) is 8.90 Å². The molecule has 0 N–H and O–H groups in total. The Bertz CT molecular complexity index is 124. The average molecular weight is 212 g/mol. The van der Waals surface area contributed by atoms with Crippen molar-refractivity contribution in [2.45, 2.75) is 29.1 Å². The Morgan fingerprint density at radius 3 is 2.12 bits per heavy atom. The van der Waals surface area contributed by atoms with Crippen LogP contribution in [0.1, 0.15) is 20.3 Å². The van der Waals surface area contributed by atoms with Gasteiger partial charge in [0.1, 0.15) is 0 Å². The third kappa shape index (κ3) is 1.12. The van der Waals surface area contributed by atoms with Gasteiger partial charge < -0.3 is 0 Å². The Labute approximate surface area is 59.5 Å². The second kappa shape index (κ2) is 2.47. The summed E-state index contributed by atoms with van der Waals surface area (Å²) in [6, 6.07) is 0. The zero-order valence-corrected chi connectivity index (χ0v) is 9.29. The summed E-state index contributed by atoms with van der Waals surface area (Å²) < 4.78 is 5.96. The van der Waals surface area contributed by atoms with E-state index in [4.69, 9.17) is 0 Å². The van der Waals surface area contributed by atoms with Gasteiger partial charge in [-0.1, -0.05) is 0 Å². The molecule has 0 aromatic carbocycles. The van der Waals surface area contributed by atoms with Gasteiger partial charge in [0, 0.05) is 0 Å². The van der Waals surface area contributed by atoms with Gasteiger partial charge in [-0.25, -0.2) is 0 Å². The van der Waals surface area contributed by atoms with Crippen LogP contribution in [-0.4, -0.2) is 21.4 Å². The van der Waals surface area contributed by atoms with E-state index < -0.39 is 21.4 Å². The summed E-state index contributed by atoms with van der Waals surface area (Å²) in [7, 11) is 0. The minimum absolute atomic E-state index is 0.932. The van der Waals surface area contributed by atoms with E-state index in [1.165, 1.54) is 6.42 Å². The van der Waals surface area contributed by atoms with E-state index in [0.29, 0.717) is 0 Å². The van der Waals surface area contributed by atoms with Crippen molar-refractivity contribution in [1.82, 2.24) is 0 Å². The van der Waals surface area contributed by atoms with Gasteiger partial charge in [-0.05, 0) is 0 Å². The van der Waals surface area contributed by atoms with Crippen LogP contribution in [-0.2, 0) is 0 Å². The summed E-state index contributed by atoms with van der Waals surface area (Å²) in [5, 5.41) is 0. The molecule has 0 aromatic rings. The number of rotatable bonds is 0. The molecule has 1 rings (SSSR count). The van der Waals surface area contributed by atoms with Gasteiger partial charge in [0.05, 0.1) is 0 Å². The SMILES string of the molecule is CC1=[C](C)[In]([CH3])[CH2]C1. The Balaban J connectivity index is 2.71. The van der Waals surface area contributed by atoms with E-state index in [9.17, 15) is 0 Å². The molecule has 0 aromatic heterocycles. The number of allylic oxidation sites excluding steroid dienone is 2. The molecule has 0 saturated heterocycles. The van der Waals surface area contributed by atoms with Crippen molar-refractivity contribution in [3.8, 4) is 0 Å². The number of hydrogen-bond donors (Lipinski definition) is 0. The average Bonchev–Trinajstić information content (AvgIpc) is 1.98. The zero-order valence-electron chi connectivity index (χ0n) is 5.99. The normalized spacial score (nSPS) is 20.6. The standard InChI is InChI=1S/C6H10.CH3.In/c1-4-6(3)5-2;;/h1,4H2,2-3H3;1H3;. The molecule has 0 saturated carbocycles. The van der Waals surface area contributed by atoms with Gasteiger partial charge >= 0.3 is 59.5 Å². The van der Waals surface area contributed by atoms with Gasteiger partial charge in [-0.2, -0.15) is 0 Å². The van der Waals surface area contributed by atoms with Crippen molar-refractivity contribution in [2.75, 3.05) is 0 Å². The Morgan fingerprint density at radius 2 is 2.00 bits per heavy atom. The van der Waals surface area contributed by atoms with Crippen LogP contribution < -0.4 is 0 Å². The van der Waals surface area contributed by atoms with Crippen molar-refractivity contribution in [3.05, 3.63) is 8.90 Å².